The number of anilines is 1. The highest BCUT2D eigenvalue weighted by molar-refractivity contribution is 5.81. The van der Waals surface area contributed by atoms with Crippen molar-refractivity contribution in [1.29, 1.82) is 0 Å². The number of hydrogen-bond acceptors (Lipinski definition) is 7. The van der Waals surface area contributed by atoms with Crippen LogP contribution in [-0.2, 0) is 11.3 Å². The normalized spacial score (nSPS) is 13.7. The summed E-state index contributed by atoms with van der Waals surface area (Å²) >= 11 is 0. The number of methoxy groups -OCH3 is 2. The first-order chi connectivity index (χ1) is 14.2. The van der Waals surface area contributed by atoms with Crippen LogP contribution in [0, 0.1) is 5.92 Å². The number of nitrogens with zero attached hydrogens (tertiary/aromatic N) is 5. The quantitative estimate of drug-likeness (QED) is 0.648. The fourth-order valence-corrected chi connectivity index (χ4v) is 3.20. The molecule has 1 aromatic carbocycles. The molecule has 9 heteroatoms. The molecule has 0 spiro atoms. The van der Waals surface area contributed by atoms with Crippen molar-refractivity contribution in [3.8, 4) is 17.3 Å². The van der Waals surface area contributed by atoms with Gasteiger partial charge in [-0.3, -0.25) is 9.36 Å². The van der Waals surface area contributed by atoms with E-state index in [-0.39, 0.29) is 11.8 Å². The van der Waals surface area contributed by atoms with Crippen LogP contribution in [0.4, 0.5) is 5.82 Å². The number of amides is 1. The van der Waals surface area contributed by atoms with E-state index in [1.807, 2.05) is 29.0 Å². The number of rotatable bonds is 7. The summed E-state index contributed by atoms with van der Waals surface area (Å²) in [5.41, 5.74) is 0.901. The molecular formula is C20H22N6O3. The zero-order valence-electron chi connectivity index (χ0n) is 16.3. The lowest BCUT2D eigenvalue weighted by Crippen LogP contribution is -2.54. The van der Waals surface area contributed by atoms with Gasteiger partial charge >= 0.3 is 0 Å². The van der Waals surface area contributed by atoms with Crippen molar-refractivity contribution in [1.82, 2.24) is 24.8 Å². The standard InChI is InChI=1S/C20H22N6O3/c1-28-16-4-3-14(17(7-16)29-2)9-22-20(27)15-10-26(11-15)19-8-18(23-12-24-19)25-6-5-21-13-25/h3-8,12-13,15H,9-11H2,1-2H3,(H,22,27). The first-order valence-electron chi connectivity index (χ1n) is 9.22. The lowest BCUT2D eigenvalue weighted by atomic mass is 9.99. The van der Waals surface area contributed by atoms with Gasteiger partial charge in [-0.15, -0.1) is 0 Å². The highest BCUT2D eigenvalue weighted by Crippen LogP contribution is 2.26. The van der Waals surface area contributed by atoms with Crippen molar-refractivity contribution >= 4 is 11.7 Å². The number of carbonyl (C=O) groups excluding carboxylic acids is 1. The van der Waals surface area contributed by atoms with Crippen molar-refractivity contribution in [2.24, 2.45) is 5.92 Å². The fourth-order valence-electron chi connectivity index (χ4n) is 3.20. The minimum Gasteiger partial charge on any atom is -0.497 e. The third-order valence-electron chi connectivity index (χ3n) is 4.93. The Balaban J connectivity index is 1.32. The van der Waals surface area contributed by atoms with E-state index in [1.54, 1.807) is 32.8 Å². The van der Waals surface area contributed by atoms with Crippen LogP contribution in [0.25, 0.3) is 5.82 Å². The van der Waals surface area contributed by atoms with Gasteiger partial charge < -0.3 is 19.7 Å². The van der Waals surface area contributed by atoms with E-state index in [2.05, 4.69) is 25.2 Å². The van der Waals surface area contributed by atoms with Crippen LogP contribution in [0.5, 0.6) is 11.5 Å². The highest BCUT2D eigenvalue weighted by Gasteiger charge is 2.33. The summed E-state index contributed by atoms with van der Waals surface area (Å²) in [5, 5.41) is 2.99. The number of benzene rings is 1. The van der Waals surface area contributed by atoms with Gasteiger partial charge in [-0.2, -0.15) is 0 Å². The minimum atomic E-state index is -0.0779. The van der Waals surface area contributed by atoms with Gasteiger partial charge in [0.05, 0.1) is 20.1 Å². The van der Waals surface area contributed by atoms with Crippen LogP contribution in [0.1, 0.15) is 5.56 Å². The summed E-state index contributed by atoms with van der Waals surface area (Å²) < 4.78 is 12.4. The Labute approximate surface area is 168 Å². The third kappa shape index (κ3) is 3.98. The maximum atomic E-state index is 12.5. The molecule has 0 saturated carbocycles. The van der Waals surface area contributed by atoms with Gasteiger partial charge in [0.15, 0.2) is 0 Å². The molecule has 0 bridgehead atoms. The first-order valence-corrected chi connectivity index (χ1v) is 9.22. The number of ether oxygens (including phenoxy) is 2. The van der Waals surface area contributed by atoms with Crippen LogP contribution in [0.2, 0.25) is 0 Å². The molecule has 0 unspecified atom stereocenters. The van der Waals surface area contributed by atoms with Gasteiger partial charge in [-0.05, 0) is 12.1 Å². The molecule has 3 heterocycles. The summed E-state index contributed by atoms with van der Waals surface area (Å²) in [6.07, 6.45) is 6.73. The molecule has 1 N–H and O–H groups in total. The van der Waals surface area contributed by atoms with E-state index in [0.717, 1.165) is 17.2 Å². The average Bonchev–Trinajstić information content (AvgIpc) is 3.26. The van der Waals surface area contributed by atoms with Crippen molar-refractivity contribution in [3.05, 3.63) is 54.9 Å². The number of carbonyl (C=O) groups is 1. The van der Waals surface area contributed by atoms with Gasteiger partial charge in [-0.1, -0.05) is 0 Å². The molecule has 1 fully saturated rings. The van der Waals surface area contributed by atoms with Crippen LogP contribution in [0.15, 0.2) is 49.3 Å². The molecule has 1 amide bonds. The summed E-state index contributed by atoms with van der Waals surface area (Å²) in [6, 6.07) is 7.43. The van der Waals surface area contributed by atoms with E-state index in [4.69, 9.17) is 9.47 Å². The topological polar surface area (TPSA) is 94.4 Å². The van der Waals surface area contributed by atoms with E-state index < -0.39 is 0 Å². The third-order valence-corrected chi connectivity index (χ3v) is 4.93. The molecule has 1 saturated heterocycles. The van der Waals surface area contributed by atoms with Gasteiger partial charge in [0.2, 0.25) is 5.91 Å². The molecule has 2 aromatic heterocycles. The Kier molecular flexibility index (Phi) is 5.28. The molecule has 1 aliphatic rings. The monoisotopic (exact) mass is 394 g/mol. The molecule has 4 rings (SSSR count). The molecule has 150 valence electrons. The predicted molar refractivity (Wildman–Crippen MR) is 106 cm³/mol. The lowest BCUT2D eigenvalue weighted by Gasteiger charge is -2.39. The second-order valence-electron chi connectivity index (χ2n) is 6.70. The van der Waals surface area contributed by atoms with E-state index >= 15 is 0 Å². The molecule has 0 radical (unpaired) electrons. The van der Waals surface area contributed by atoms with Gasteiger partial charge in [0.25, 0.3) is 0 Å². The Bertz CT molecular complexity index is 986. The van der Waals surface area contributed by atoms with E-state index in [1.165, 1.54) is 6.33 Å². The van der Waals surface area contributed by atoms with Crippen molar-refractivity contribution in [2.75, 3.05) is 32.2 Å². The minimum absolute atomic E-state index is 0.0167. The van der Waals surface area contributed by atoms with E-state index in [0.29, 0.717) is 31.1 Å². The lowest BCUT2D eigenvalue weighted by molar-refractivity contribution is -0.125. The molecule has 9 nitrogen and oxygen atoms in total. The van der Waals surface area contributed by atoms with Gasteiger partial charge in [0.1, 0.15) is 35.8 Å². The SMILES string of the molecule is COc1ccc(CNC(=O)C2CN(c3cc(-n4ccnc4)ncn3)C2)c(OC)c1. The molecule has 0 atom stereocenters. The van der Waals surface area contributed by atoms with Crippen molar-refractivity contribution < 1.29 is 14.3 Å². The Morgan fingerprint density at radius 3 is 2.72 bits per heavy atom. The highest BCUT2D eigenvalue weighted by atomic mass is 16.5. The zero-order valence-corrected chi connectivity index (χ0v) is 16.3. The summed E-state index contributed by atoms with van der Waals surface area (Å²) in [6.45, 7) is 1.64. The van der Waals surface area contributed by atoms with Crippen LogP contribution >= 0.6 is 0 Å². The van der Waals surface area contributed by atoms with Crippen LogP contribution in [0.3, 0.4) is 0 Å². The fraction of sp³-hybridized carbons (Fsp3) is 0.300. The maximum Gasteiger partial charge on any atom is 0.226 e. The largest absolute Gasteiger partial charge is 0.497 e. The van der Waals surface area contributed by atoms with Crippen LogP contribution in [-0.4, -0.2) is 52.7 Å². The summed E-state index contributed by atoms with van der Waals surface area (Å²) in [7, 11) is 3.21. The van der Waals surface area contributed by atoms with Crippen molar-refractivity contribution in [3.63, 3.8) is 0 Å². The zero-order chi connectivity index (χ0) is 20.2. The smallest absolute Gasteiger partial charge is 0.226 e. The predicted octanol–water partition coefficient (Wildman–Crippen LogP) is 1.43. The average molecular weight is 394 g/mol. The number of aromatic nitrogens is 4. The van der Waals surface area contributed by atoms with Gasteiger partial charge in [0, 0.05) is 49.7 Å². The maximum absolute atomic E-state index is 12.5. The Morgan fingerprint density at radius 1 is 1.17 bits per heavy atom. The first kappa shape index (κ1) is 18.7. The second kappa shape index (κ2) is 8.17. The molecular weight excluding hydrogens is 372 g/mol. The number of hydrogen-bond donors (Lipinski definition) is 1. The Morgan fingerprint density at radius 2 is 2.00 bits per heavy atom. The molecule has 29 heavy (non-hydrogen) atoms. The summed E-state index contributed by atoms with van der Waals surface area (Å²) in [4.78, 5) is 27.2. The number of nitrogens with one attached hydrogen (secondary N) is 1. The summed E-state index contributed by atoms with van der Waals surface area (Å²) in [5.74, 6) is 2.88. The number of imidazole rings is 1. The van der Waals surface area contributed by atoms with Crippen LogP contribution < -0.4 is 19.7 Å². The van der Waals surface area contributed by atoms with Gasteiger partial charge in [-0.25, -0.2) is 15.0 Å². The Hall–Kier alpha value is -3.62. The van der Waals surface area contributed by atoms with Crippen molar-refractivity contribution in [2.45, 2.75) is 6.54 Å². The van der Waals surface area contributed by atoms with E-state index in [9.17, 15) is 4.79 Å². The second-order valence-corrected chi connectivity index (χ2v) is 6.70. The molecule has 0 aliphatic carbocycles. The molecule has 1 aliphatic heterocycles. The molecule has 3 aromatic rings.